The van der Waals surface area contributed by atoms with Crippen molar-refractivity contribution in [3.63, 3.8) is 0 Å². The maximum Gasteiger partial charge on any atom is 0.271 e. The van der Waals surface area contributed by atoms with E-state index in [-0.39, 0.29) is 41.0 Å². The molecule has 1 aliphatic rings. The van der Waals surface area contributed by atoms with E-state index in [4.69, 9.17) is 23.1 Å². The second-order valence-corrected chi connectivity index (χ2v) is 14.8. The number of hydrogen-bond acceptors (Lipinski definition) is 4. The first-order valence-corrected chi connectivity index (χ1v) is 17.5. The number of carbonyl (C=O) groups is 3. The van der Waals surface area contributed by atoms with Gasteiger partial charge in [0.15, 0.2) is 11.1 Å². The van der Waals surface area contributed by atoms with Crippen LogP contribution in [0.15, 0.2) is 75.7 Å². The van der Waals surface area contributed by atoms with Crippen LogP contribution >= 0.6 is 23.4 Å². The van der Waals surface area contributed by atoms with Crippen LogP contribution in [0.25, 0.3) is 11.1 Å². The molecule has 0 aliphatic heterocycles. The maximum absolute atomic E-state index is 13.5. The van der Waals surface area contributed by atoms with Gasteiger partial charge >= 0.3 is 0 Å². The molecule has 9 nitrogen and oxygen atoms in total. The van der Waals surface area contributed by atoms with Crippen LogP contribution in [0.1, 0.15) is 77.8 Å². The van der Waals surface area contributed by atoms with Gasteiger partial charge in [0.2, 0.25) is 11.9 Å². The summed E-state index contributed by atoms with van der Waals surface area (Å²) in [5, 5.41) is 3.21. The third kappa shape index (κ3) is 11.1. The highest BCUT2D eigenvalue weighted by molar-refractivity contribution is 8.13. The Bertz CT molecular complexity index is 1600. The lowest BCUT2D eigenvalue weighted by Crippen LogP contribution is -2.40. The number of nitrogens with zero attached hydrogens (tertiary/aromatic N) is 3. The summed E-state index contributed by atoms with van der Waals surface area (Å²) in [7, 11) is 3.35. The third-order valence-electron chi connectivity index (χ3n) is 8.31. The molecule has 0 radical (unpaired) electrons. The second-order valence-electron chi connectivity index (χ2n) is 13.2. The third-order valence-corrected chi connectivity index (χ3v) is 9.47. The lowest BCUT2D eigenvalue weighted by atomic mass is 9.81. The van der Waals surface area contributed by atoms with Crippen LogP contribution in [0.3, 0.4) is 0 Å². The molecule has 0 saturated heterocycles. The van der Waals surface area contributed by atoms with E-state index in [1.54, 1.807) is 14.1 Å². The monoisotopic (exact) mass is 692 g/mol. The maximum atomic E-state index is 13.5. The summed E-state index contributed by atoms with van der Waals surface area (Å²) in [4.78, 5) is 47.5. The highest BCUT2D eigenvalue weighted by Gasteiger charge is 2.37. The zero-order valence-electron chi connectivity index (χ0n) is 29.1. The quantitative estimate of drug-likeness (QED) is 0.176. The van der Waals surface area contributed by atoms with Gasteiger partial charge in [-0.05, 0) is 78.3 Å². The molecule has 3 rings (SSSR count). The minimum absolute atomic E-state index is 0.0458. The first kappa shape index (κ1) is 38.6. The molecule has 2 atom stereocenters. The molecular weight excluding hydrogens is 644 g/mol. The topological polar surface area (TPSA) is 143 Å². The number of allylic oxidation sites excluding steroid dienone is 4. The summed E-state index contributed by atoms with van der Waals surface area (Å²) in [5.41, 5.74) is 18.5. The molecule has 2 unspecified atom stereocenters. The average molecular weight is 693 g/mol. The van der Waals surface area contributed by atoms with Crippen molar-refractivity contribution in [1.82, 2.24) is 10.2 Å². The number of aliphatic imine (C=N–C) groups is 2. The summed E-state index contributed by atoms with van der Waals surface area (Å²) in [6.45, 7) is 10.2. The molecule has 2 aromatic rings. The van der Waals surface area contributed by atoms with Crippen LogP contribution in [0.2, 0.25) is 5.02 Å². The largest absolute Gasteiger partial charge is 0.369 e. The molecule has 11 heteroatoms. The van der Waals surface area contributed by atoms with Gasteiger partial charge in [0, 0.05) is 38.2 Å². The Balaban J connectivity index is 1.94. The van der Waals surface area contributed by atoms with E-state index in [1.807, 2.05) is 37.3 Å². The number of nitrogens with one attached hydrogen (secondary N) is 1. The van der Waals surface area contributed by atoms with Crippen molar-refractivity contribution in [2.75, 3.05) is 19.8 Å². The van der Waals surface area contributed by atoms with E-state index in [1.165, 1.54) is 23.0 Å². The number of halogens is 1. The number of guanidine groups is 2. The van der Waals surface area contributed by atoms with Crippen LogP contribution in [0.4, 0.5) is 0 Å². The Kier molecular flexibility index (Phi) is 14.0. The normalized spacial score (nSPS) is 18.5. The van der Waals surface area contributed by atoms with Gasteiger partial charge in [-0.1, -0.05) is 97.7 Å². The molecule has 48 heavy (non-hydrogen) atoms. The van der Waals surface area contributed by atoms with Crippen molar-refractivity contribution in [2.24, 2.45) is 32.8 Å². The highest BCUT2D eigenvalue weighted by Crippen LogP contribution is 2.52. The van der Waals surface area contributed by atoms with Crippen LogP contribution in [0, 0.1) is 11.3 Å². The Morgan fingerprint density at radius 2 is 1.67 bits per heavy atom. The first-order chi connectivity index (χ1) is 22.6. The molecular formula is C37H49ClN6O3S. The van der Waals surface area contributed by atoms with E-state index in [0.29, 0.717) is 10.9 Å². The van der Waals surface area contributed by atoms with Gasteiger partial charge in [-0.2, -0.15) is 9.98 Å². The van der Waals surface area contributed by atoms with Gasteiger partial charge in [-0.3, -0.25) is 14.4 Å². The number of hydrogen-bond donors (Lipinski definition) is 3. The summed E-state index contributed by atoms with van der Waals surface area (Å²) >= 11 is 7.44. The number of carbonyl (C=O) groups excluding carboxylic acids is 3. The predicted molar refractivity (Wildman–Crippen MR) is 200 cm³/mol. The minimum Gasteiger partial charge on any atom is -0.369 e. The second kappa shape index (κ2) is 17.5. The standard InChI is InChI=1S/C37H49ClN6O3S/c1-8-25-21-37(4,5)22-29(25)33(26-12-10-9-11-13-26)32(27-14-16-28(38)17-15-27)23(2)20-31(46)48-19-18-30(41-24(3)45)34(47)42-35(39)43-36(40)44(6)7/h9-17,25,30H,8,18-22H2,1-7H3,(H,41,45)(H4,39,40,42,43,47). The zero-order chi connectivity index (χ0) is 35.6. The van der Waals surface area contributed by atoms with Crippen molar-refractivity contribution >= 4 is 63.4 Å². The first-order valence-electron chi connectivity index (χ1n) is 16.2. The Hall–Kier alpha value is -3.89. The van der Waals surface area contributed by atoms with Crippen molar-refractivity contribution in [3.05, 3.63) is 81.9 Å². The molecule has 258 valence electrons. The number of nitrogens with two attached hydrogens (primary N) is 2. The van der Waals surface area contributed by atoms with E-state index in [2.05, 4.69) is 60.3 Å². The number of benzene rings is 2. The van der Waals surface area contributed by atoms with Crippen LogP contribution in [0.5, 0.6) is 0 Å². The van der Waals surface area contributed by atoms with E-state index < -0.39 is 17.9 Å². The lowest BCUT2D eigenvalue weighted by Gasteiger charge is -2.23. The molecule has 0 heterocycles. The molecule has 0 aromatic heterocycles. The summed E-state index contributed by atoms with van der Waals surface area (Å²) in [6.07, 6.45) is 3.50. The minimum atomic E-state index is -0.968. The fourth-order valence-electron chi connectivity index (χ4n) is 6.10. The van der Waals surface area contributed by atoms with Gasteiger partial charge in [-0.15, -0.1) is 0 Å². The number of rotatable bonds is 11. The average Bonchev–Trinajstić information content (AvgIpc) is 3.33. The van der Waals surface area contributed by atoms with Gasteiger partial charge in [0.1, 0.15) is 6.04 Å². The molecule has 1 saturated carbocycles. The van der Waals surface area contributed by atoms with Crippen molar-refractivity contribution in [1.29, 1.82) is 0 Å². The summed E-state index contributed by atoms with van der Waals surface area (Å²) in [5.74, 6) is -0.591. The van der Waals surface area contributed by atoms with Crippen molar-refractivity contribution in [3.8, 4) is 0 Å². The predicted octanol–water partition coefficient (Wildman–Crippen LogP) is 6.68. The molecule has 2 aromatic carbocycles. The summed E-state index contributed by atoms with van der Waals surface area (Å²) in [6, 6.07) is 17.3. The van der Waals surface area contributed by atoms with Gasteiger partial charge in [0.25, 0.3) is 5.91 Å². The highest BCUT2D eigenvalue weighted by atomic mass is 35.5. The zero-order valence-corrected chi connectivity index (χ0v) is 30.7. The fourth-order valence-corrected chi connectivity index (χ4v) is 7.13. The van der Waals surface area contributed by atoms with Crippen molar-refractivity contribution in [2.45, 2.75) is 72.8 Å². The van der Waals surface area contributed by atoms with Crippen LogP contribution in [-0.2, 0) is 14.4 Å². The number of thioether (sulfide) groups is 1. The van der Waals surface area contributed by atoms with Crippen molar-refractivity contribution < 1.29 is 14.4 Å². The van der Waals surface area contributed by atoms with E-state index >= 15 is 0 Å². The van der Waals surface area contributed by atoms with E-state index in [0.717, 1.165) is 53.3 Å². The molecule has 1 aliphatic carbocycles. The van der Waals surface area contributed by atoms with Crippen LogP contribution < -0.4 is 16.8 Å². The Morgan fingerprint density at radius 3 is 2.25 bits per heavy atom. The molecule has 0 spiro atoms. The summed E-state index contributed by atoms with van der Waals surface area (Å²) < 4.78 is 0. The Labute approximate surface area is 294 Å². The lowest BCUT2D eigenvalue weighted by molar-refractivity contribution is -0.126. The molecule has 1 fully saturated rings. The molecule has 2 amide bonds. The SMILES string of the molecule is CCC1CC(C)(C)CC1=C(C(=C(C)CC(=O)SCCC(NC(C)=O)C(=O)N=C(N)N=C(N)N(C)C)c1ccc(Cl)cc1)c1ccccc1. The fraction of sp³-hybridized carbons (Fsp3) is 0.432. The van der Waals surface area contributed by atoms with E-state index in [9.17, 15) is 14.4 Å². The Morgan fingerprint density at radius 1 is 1.02 bits per heavy atom. The number of amides is 2. The van der Waals surface area contributed by atoms with Gasteiger partial charge in [-0.25, -0.2) is 0 Å². The van der Waals surface area contributed by atoms with Crippen LogP contribution in [-0.4, -0.2) is 59.6 Å². The smallest absolute Gasteiger partial charge is 0.271 e. The van der Waals surface area contributed by atoms with Gasteiger partial charge in [0.05, 0.1) is 0 Å². The molecule has 0 bridgehead atoms. The molecule has 5 N–H and O–H groups in total. The van der Waals surface area contributed by atoms with Gasteiger partial charge < -0.3 is 21.7 Å².